The number of rotatable bonds is 2. The third-order valence-electron chi connectivity index (χ3n) is 3.52. The van der Waals surface area contributed by atoms with Gasteiger partial charge in [-0.3, -0.25) is 4.99 Å². The lowest BCUT2D eigenvalue weighted by Crippen LogP contribution is -2.35. The second-order valence-electron chi connectivity index (χ2n) is 4.64. The fourth-order valence-corrected chi connectivity index (χ4v) is 3.33. The summed E-state index contributed by atoms with van der Waals surface area (Å²) >= 11 is 7.78. The molecule has 98 valence electrons. The minimum Gasteiger partial charge on any atom is -0.368 e. The van der Waals surface area contributed by atoms with Crippen LogP contribution in [0.5, 0.6) is 0 Å². The number of para-hydroxylation sites is 1. The van der Waals surface area contributed by atoms with Crippen molar-refractivity contribution < 1.29 is 0 Å². The van der Waals surface area contributed by atoms with E-state index in [4.69, 9.17) is 16.6 Å². The molecule has 2 nitrogen and oxygen atoms in total. The van der Waals surface area contributed by atoms with Crippen molar-refractivity contribution in [3.63, 3.8) is 0 Å². The van der Waals surface area contributed by atoms with Gasteiger partial charge in [-0.2, -0.15) is 11.3 Å². The monoisotopic (exact) mass is 290 g/mol. The Labute approximate surface area is 122 Å². The van der Waals surface area contributed by atoms with Crippen LogP contribution in [-0.4, -0.2) is 31.2 Å². The highest BCUT2D eigenvalue weighted by molar-refractivity contribution is 7.08. The lowest BCUT2D eigenvalue weighted by molar-refractivity contribution is 0.708. The highest BCUT2D eigenvalue weighted by Crippen LogP contribution is 2.28. The van der Waals surface area contributed by atoms with E-state index in [1.807, 2.05) is 0 Å². The van der Waals surface area contributed by atoms with E-state index in [-0.39, 0.29) is 6.04 Å². The highest BCUT2D eigenvalue weighted by atomic mass is 35.5. The molecule has 0 radical (unpaired) electrons. The number of benzodiazepines with no additional fused rings is 1. The fraction of sp³-hybridized carbons (Fsp3) is 0.267. The second kappa shape index (κ2) is 5.35. The van der Waals surface area contributed by atoms with E-state index >= 15 is 0 Å². The zero-order chi connectivity index (χ0) is 13.2. The van der Waals surface area contributed by atoms with Crippen molar-refractivity contribution in [2.75, 3.05) is 24.4 Å². The van der Waals surface area contributed by atoms with Crippen molar-refractivity contribution in [1.29, 1.82) is 0 Å². The van der Waals surface area contributed by atoms with E-state index in [0.29, 0.717) is 5.88 Å². The smallest absolute Gasteiger partial charge is 0.0749 e. The first kappa shape index (κ1) is 12.7. The first-order valence-corrected chi connectivity index (χ1v) is 7.74. The van der Waals surface area contributed by atoms with Crippen LogP contribution in [0.4, 0.5) is 5.69 Å². The molecule has 0 fully saturated rings. The van der Waals surface area contributed by atoms with Gasteiger partial charge in [0.05, 0.1) is 18.3 Å². The van der Waals surface area contributed by atoms with Crippen LogP contribution in [0.3, 0.4) is 0 Å². The number of fused-ring (bicyclic) bond motifs is 1. The lowest BCUT2D eigenvalue weighted by Gasteiger charge is -2.26. The molecule has 0 aliphatic carbocycles. The topological polar surface area (TPSA) is 15.6 Å². The number of hydrogen-bond donors (Lipinski definition) is 0. The van der Waals surface area contributed by atoms with Crippen LogP contribution >= 0.6 is 22.9 Å². The van der Waals surface area contributed by atoms with Crippen LogP contribution in [-0.2, 0) is 0 Å². The van der Waals surface area contributed by atoms with Crippen molar-refractivity contribution in [2.45, 2.75) is 6.04 Å². The van der Waals surface area contributed by atoms with Gasteiger partial charge < -0.3 is 4.90 Å². The molecule has 1 aliphatic heterocycles. The van der Waals surface area contributed by atoms with Gasteiger partial charge >= 0.3 is 0 Å². The van der Waals surface area contributed by atoms with Crippen LogP contribution in [0, 0.1) is 0 Å². The van der Waals surface area contributed by atoms with Crippen molar-refractivity contribution in [2.24, 2.45) is 4.99 Å². The predicted octanol–water partition coefficient (Wildman–Crippen LogP) is 3.64. The molecule has 19 heavy (non-hydrogen) atoms. The number of likely N-dealkylation sites (N-methyl/N-ethyl adjacent to an activating group) is 1. The molecular formula is C15H15ClN2S. The molecule has 2 aromatic rings. The maximum atomic E-state index is 6.08. The molecule has 1 aliphatic rings. The van der Waals surface area contributed by atoms with Gasteiger partial charge in [-0.15, -0.1) is 11.6 Å². The zero-order valence-electron chi connectivity index (χ0n) is 10.7. The summed E-state index contributed by atoms with van der Waals surface area (Å²) in [6, 6.07) is 10.8. The summed E-state index contributed by atoms with van der Waals surface area (Å²) in [7, 11) is 2.10. The van der Waals surface area contributed by atoms with E-state index in [0.717, 1.165) is 12.3 Å². The second-order valence-corrected chi connectivity index (χ2v) is 5.73. The van der Waals surface area contributed by atoms with E-state index < -0.39 is 0 Å². The minimum absolute atomic E-state index is 0.249. The van der Waals surface area contributed by atoms with Gasteiger partial charge in [0.1, 0.15) is 0 Å². The lowest BCUT2D eigenvalue weighted by atomic mass is 10.0. The average molecular weight is 291 g/mol. The number of thiophene rings is 1. The Balaban J connectivity index is 2.15. The number of aliphatic imine (C=N–C) groups is 1. The van der Waals surface area contributed by atoms with Crippen molar-refractivity contribution >= 4 is 34.3 Å². The van der Waals surface area contributed by atoms with Crippen LogP contribution in [0.2, 0.25) is 0 Å². The Morgan fingerprint density at radius 3 is 2.95 bits per heavy atom. The molecule has 1 aromatic heterocycles. The maximum Gasteiger partial charge on any atom is 0.0749 e. The van der Waals surface area contributed by atoms with E-state index in [9.17, 15) is 0 Å². The normalized spacial score (nSPS) is 18.7. The predicted molar refractivity (Wildman–Crippen MR) is 84.2 cm³/mol. The molecule has 0 amide bonds. The van der Waals surface area contributed by atoms with Crippen molar-refractivity contribution in [3.05, 3.63) is 52.2 Å². The number of hydrogen-bond acceptors (Lipinski definition) is 3. The van der Waals surface area contributed by atoms with Gasteiger partial charge in [0.15, 0.2) is 0 Å². The maximum absolute atomic E-state index is 6.08. The summed E-state index contributed by atoms with van der Waals surface area (Å²) in [4.78, 5) is 7.05. The molecular weight excluding hydrogens is 276 g/mol. The van der Waals surface area contributed by atoms with E-state index in [2.05, 4.69) is 53.0 Å². The number of nitrogens with zero attached hydrogens (tertiary/aromatic N) is 2. The van der Waals surface area contributed by atoms with Gasteiger partial charge in [0.25, 0.3) is 0 Å². The third-order valence-corrected chi connectivity index (χ3v) is 4.56. The van der Waals surface area contributed by atoms with Gasteiger partial charge in [0.2, 0.25) is 0 Å². The van der Waals surface area contributed by atoms with Gasteiger partial charge in [-0.25, -0.2) is 0 Å². The fourth-order valence-electron chi connectivity index (χ4n) is 2.38. The van der Waals surface area contributed by atoms with Crippen LogP contribution in [0.25, 0.3) is 0 Å². The molecule has 0 bridgehead atoms. The SMILES string of the molecule is CN1c2ccccc2C(c2ccsc2)=NCC1CCl. The molecule has 2 heterocycles. The van der Waals surface area contributed by atoms with Crippen molar-refractivity contribution in [1.82, 2.24) is 0 Å². The average Bonchev–Trinajstić information content (AvgIpc) is 2.93. The van der Waals surface area contributed by atoms with Crippen LogP contribution in [0.1, 0.15) is 11.1 Å². The molecule has 0 N–H and O–H groups in total. The Morgan fingerprint density at radius 2 is 2.21 bits per heavy atom. The minimum atomic E-state index is 0.249. The summed E-state index contributed by atoms with van der Waals surface area (Å²) in [5, 5.41) is 4.24. The summed E-state index contributed by atoms with van der Waals surface area (Å²) in [5.41, 5.74) is 4.67. The Hall–Kier alpha value is -1.32. The summed E-state index contributed by atoms with van der Waals surface area (Å²) < 4.78 is 0. The van der Waals surface area contributed by atoms with E-state index in [1.54, 1.807) is 11.3 Å². The molecule has 3 rings (SSSR count). The molecule has 4 heteroatoms. The number of alkyl halides is 1. The van der Waals surface area contributed by atoms with Crippen LogP contribution in [0.15, 0.2) is 46.1 Å². The van der Waals surface area contributed by atoms with E-state index in [1.165, 1.54) is 16.8 Å². The number of halogens is 1. The molecule has 1 aromatic carbocycles. The Kier molecular flexibility index (Phi) is 3.58. The van der Waals surface area contributed by atoms with Gasteiger partial charge in [-0.1, -0.05) is 18.2 Å². The summed E-state index contributed by atoms with van der Waals surface area (Å²) in [5.74, 6) is 0.589. The first-order chi connectivity index (χ1) is 9.31. The summed E-state index contributed by atoms with van der Waals surface area (Å²) in [6.07, 6.45) is 0. The Bertz CT molecular complexity index is 592. The molecule has 0 saturated heterocycles. The molecule has 1 unspecified atom stereocenters. The number of benzene rings is 1. The molecule has 0 saturated carbocycles. The quantitative estimate of drug-likeness (QED) is 0.771. The first-order valence-electron chi connectivity index (χ1n) is 6.26. The summed E-state index contributed by atoms with van der Waals surface area (Å²) in [6.45, 7) is 0.736. The highest BCUT2D eigenvalue weighted by Gasteiger charge is 2.23. The zero-order valence-corrected chi connectivity index (χ0v) is 12.3. The molecule has 1 atom stereocenters. The third kappa shape index (κ3) is 2.28. The number of anilines is 1. The van der Waals surface area contributed by atoms with Gasteiger partial charge in [0, 0.05) is 35.1 Å². The largest absolute Gasteiger partial charge is 0.368 e. The standard InChI is InChI=1S/C15H15ClN2S/c1-18-12(8-16)9-17-15(11-6-7-19-10-11)13-4-2-3-5-14(13)18/h2-7,10,12H,8-9H2,1H3. The van der Waals surface area contributed by atoms with Crippen LogP contribution < -0.4 is 4.90 Å². The van der Waals surface area contributed by atoms with Gasteiger partial charge in [-0.05, 0) is 17.5 Å². The Morgan fingerprint density at radius 1 is 1.37 bits per heavy atom. The van der Waals surface area contributed by atoms with Crippen molar-refractivity contribution in [3.8, 4) is 0 Å². The molecule has 0 spiro atoms.